The van der Waals surface area contributed by atoms with Gasteiger partial charge in [0.15, 0.2) is 0 Å². The van der Waals surface area contributed by atoms with E-state index in [4.69, 9.17) is 4.74 Å². The molecule has 0 atom stereocenters. The fourth-order valence-electron chi connectivity index (χ4n) is 2.66. The summed E-state index contributed by atoms with van der Waals surface area (Å²) in [7, 11) is 0. The van der Waals surface area contributed by atoms with Crippen LogP contribution in [0.15, 0.2) is 24.4 Å². The zero-order chi connectivity index (χ0) is 13.3. The topological polar surface area (TPSA) is 34.1 Å². The maximum absolute atomic E-state index is 5.97. The van der Waals surface area contributed by atoms with Crippen molar-refractivity contribution in [2.24, 2.45) is 0 Å². The Morgan fingerprint density at radius 3 is 2.79 bits per heavy atom. The van der Waals surface area contributed by atoms with E-state index in [2.05, 4.69) is 23.3 Å². The van der Waals surface area contributed by atoms with Crippen molar-refractivity contribution < 1.29 is 4.74 Å². The Kier molecular flexibility index (Phi) is 6.31. The van der Waals surface area contributed by atoms with Gasteiger partial charge < -0.3 is 10.1 Å². The largest absolute Gasteiger partial charge is 0.378 e. The maximum Gasteiger partial charge on any atom is 0.0576 e. The number of pyridine rings is 1. The molecule has 1 aliphatic rings. The average Bonchev–Trinajstić information content (AvgIpc) is 2.47. The van der Waals surface area contributed by atoms with Gasteiger partial charge in [-0.3, -0.25) is 4.98 Å². The van der Waals surface area contributed by atoms with E-state index in [-0.39, 0.29) is 0 Å². The Bertz CT molecular complexity index is 334. The molecule has 1 saturated carbocycles. The van der Waals surface area contributed by atoms with E-state index in [0.29, 0.717) is 6.10 Å². The summed E-state index contributed by atoms with van der Waals surface area (Å²) in [5.41, 5.74) is 1.13. The maximum atomic E-state index is 5.97. The Morgan fingerprint density at radius 2 is 2.11 bits per heavy atom. The highest BCUT2D eigenvalue weighted by molar-refractivity contribution is 5.03. The Hall–Kier alpha value is -0.930. The quantitative estimate of drug-likeness (QED) is 0.820. The number of nitrogens with zero attached hydrogens (tertiary/aromatic N) is 1. The molecule has 0 radical (unpaired) electrons. The van der Waals surface area contributed by atoms with E-state index in [1.807, 2.05) is 18.3 Å². The first-order valence-corrected chi connectivity index (χ1v) is 7.63. The number of rotatable bonds is 7. The molecule has 0 saturated heterocycles. The third-order valence-electron chi connectivity index (χ3n) is 3.80. The summed E-state index contributed by atoms with van der Waals surface area (Å²) in [6.45, 7) is 4.17. The molecule has 3 nitrogen and oxygen atoms in total. The van der Waals surface area contributed by atoms with E-state index in [0.717, 1.165) is 31.3 Å². The zero-order valence-corrected chi connectivity index (χ0v) is 12.0. The van der Waals surface area contributed by atoms with Crippen molar-refractivity contribution in [2.75, 3.05) is 13.2 Å². The van der Waals surface area contributed by atoms with Crippen molar-refractivity contribution in [2.45, 2.75) is 57.6 Å². The van der Waals surface area contributed by atoms with Gasteiger partial charge in [-0.05, 0) is 50.8 Å². The Balaban J connectivity index is 1.58. The van der Waals surface area contributed by atoms with Crippen LogP contribution in [0.1, 0.15) is 44.7 Å². The Labute approximate surface area is 116 Å². The molecule has 19 heavy (non-hydrogen) atoms. The van der Waals surface area contributed by atoms with Crippen molar-refractivity contribution >= 4 is 0 Å². The highest BCUT2D eigenvalue weighted by atomic mass is 16.5. The summed E-state index contributed by atoms with van der Waals surface area (Å²) < 4.78 is 5.97. The molecule has 2 rings (SSSR count). The number of ether oxygens (including phenoxy) is 1. The van der Waals surface area contributed by atoms with Crippen LogP contribution in [-0.4, -0.2) is 30.3 Å². The van der Waals surface area contributed by atoms with Crippen LogP contribution >= 0.6 is 0 Å². The fourth-order valence-corrected chi connectivity index (χ4v) is 2.66. The normalized spacial score (nSPS) is 23.4. The summed E-state index contributed by atoms with van der Waals surface area (Å²) in [6, 6.07) is 6.77. The molecule has 1 aromatic heterocycles. The summed E-state index contributed by atoms with van der Waals surface area (Å²) >= 11 is 0. The highest BCUT2D eigenvalue weighted by Gasteiger charge is 2.20. The summed E-state index contributed by atoms with van der Waals surface area (Å²) in [5.74, 6) is 0. The highest BCUT2D eigenvalue weighted by Crippen LogP contribution is 2.21. The molecular weight excluding hydrogens is 236 g/mol. The van der Waals surface area contributed by atoms with Gasteiger partial charge in [-0.2, -0.15) is 0 Å². The standard InChI is InChI=1S/C16H26N2O/c1-2-11-17-15-6-8-16(9-7-15)19-13-10-14-5-3-4-12-18-14/h3-5,12,15-17H,2,6-11,13H2,1H3. The SMILES string of the molecule is CCCNC1CCC(OCCc2ccccn2)CC1. The molecule has 0 aromatic carbocycles. The number of aromatic nitrogens is 1. The van der Waals surface area contributed by atoms with Crippen LogP contribution in [-0.2, 0) is 11.2 Å². The lowest BCUT2D eigenvalue weighted by Gasteiger charge is -2.29. The summed E-state index contributed by atoms with van der Waals surface area (Å²) in [5, 5.41) is 3.61. The molecule has 1 aliphatic carbocycles. The molecule has 0 bridgehead atoms. The fraction of sp³-hybridized carbons (Fsp3) is 0.688. The second-order valence-corrected chi connectivity index (χ2v) is 5.37. The van der Waals surface area contributed by atoms with Crippen LogP contribution in [0, 0.1) is 0 Å². The molecule has 0 spiro atoms. The van der Waals surface area contributed by atoms with Gasteiger partial charge >= 0.3 is 0 Å². The molecule has 0 amide bonds. The lowest BCUT2D eigenvalue weighted by atomic mass is 9.93. The summed E-state index contributed by atoms with van der Waals surface area (Å²) in [4.78, 5) is 4.32. The van der Waals surface area contributed by atoms with Crippen LogP contribution in [0.5, 0.6) is 0 Å². The molecular formula is C16H26N2O. The lowest BCUT2D eigenvalue weighted by molar-refractivity contribution is 0.0240. The van der Waals surface area contributed by atoms with E-state index < -0.39 is 0 Å². The van der Waals surface area contributed by atoms with Crippen molar-refractivity contribution in [3.8, 4) is 0 Å². The molecule has 1 N–H and O–H groups in total. The third kappa shape index (κ3) is 5.29. The van der Waals surface area contributed by atoms with Gasteiger partial charge in [0.1, 0.15) is 0 Å². The van der Waals surface area contributed by atoms with Crippen molar-refractivity contribution in [3.05, 3.63) is 30.1 Å². The van der Waals surface area contributed by atoms with Gasteiger partial charge in [0.2, 0.25) is 0 Å². The molecule has 1 aromatic rings. The van der Waals surface area contributed by atoms with Crippen molar-refractivity contribution in [3.63, 3.8) is 0 Å². The van der Waals surface area contributed by atoms with Gasteiger partial charge in [-0.15, -0.1) is 0 Å². The summed E-state index contributed by atoms with van der Waals surface area (Å²) in [6.07, 6.45) is 9.37. The van der Waals surface area contributed by atoms with Gasteiger partial charge in [0.05, 0.1) is 12.7 Å². The van der Waals surface area contributed by atoms with Gasteiger partial charge in [-0.25, -0.2) is 0 Å². The number of nitrogens with one attached hydrogen (secondary N) is 1. The second kappa shape index (κ2) is 8.28. The number of hydrogen-bond donors (Lipinski definition) is 1. The molecule has 0 aliphatic heterocycles. The smallest absolute Gasteiger partial charge is 0.0576 e. The van der Waals surface area contributed by atoms with Crippen molar-refractivity contribution in [1.82, 2.24) is 10.3 Å². The Morgan fingerprint density at radius 1 is 1.26 bits per heavy atom. The first-order valence-electron chi connectivity index (χ1n) is 7.63. The van der Waals surface area contributed by atoms with Crippen LogP contribution in [0.4, 0.5) is 0 Å². The lowest BCUT2D eigenvalue weighted by Crippen LogP contribution is -2.35. The predicted molar refractivity (Wildman–Crippen MR) is 78.2 cm³/mol. The van der Waals surface area contributed by atoms with Crippen LogP contribution in [0.3, 0.4) is 0 Å². The third-order valence-corrected chi connectivity index (χ3v) is 3.80. The minimum Gasteiger partial charge on any atom is -0.378 e. The van der Waals surface area contributed by atoms with E-state index in [1.54, 1.807) is 0 Å². The second-order valence-electron chi connectivity index (χ2n) is 5.37. The minimum atomic E-state index is 0.461. The van der Waals surface area contributed by atoms with E-state index in [1.165, 1.54) is 32.1 Å². The van der Waals surface area contributed by atoms with Crippen LogP contribution < -0.4 is 5.32 Å². The van der Waals surface area contributed by atoms with Gasteiger partial charge in [0, 0.05) is 24.4 Å². The van der Waals surface area contributed by atoms with E-state index >= 15 is 0 Å². The van der Waals surface area contributed by atoms with Crippen LogP contribution in [0.2, 0.25) is 0 Å². The van der Waals surface area contributed by atoms with E-state index in [9.17, 15) is 0 Å². The monoisotopic (exact) mass is 262 g/mol. The molecule has 1 heterocycles. The molecule has 0 unspecified atom stereocenters. The molecule has 3 heteroatoms. The first kappa shape index (κ1) is 14.5. The molecule has 106 valence electrons. The number of hydrogen-bond acceptors (Lipinski definition) is 3. The average molecular weight is 262 g/mol. The molecule has 1 fully saturated rings. The zero-order valence-electron chi connectivity index (χ0n) is 12.0. The first-order chi connectivity index (χ1) is 9.38. The van der Waals surface area contributed by atoms with Gasteiger partial charge in [-0.1, -0.05) is 13.0 Å². The van der Waals surface area contributed by atoms with Crippen LogP contribution in [0.25, 0.3) is 0 Å². The minimum absolute atomic E-state index is 0.461. The van der Waals surface area contributed by atoms with Gasteiger partial charge in [0.25, 0.3) is 0 Å². The predicted octanol–water partition coefficient (Wildman–Crippen LogP) is 2.95. The van der Waals surface area contributed by atoms with Crippen molar-refractivity contribution in [1.29, 1.82) is 0 Å².